The van der Waals surface area contributed by atoms with Gasteiger partial charge in [0.1, 0.15) is 13.4 Å². The van der Waals surface area contributed by atoms with Crippen molar-refractivity contribution >= 4 is 5.97 Å². The van der Waals surface area contributed by atoms with Crippen LogP contribution in [0.5, 0.6) is 0 Å². The SMILES string of the molecule is CCC(C)C(=O)OCCOCCOCC(C)OCOC. The van der Waals surface area contributed by atoms with E-state index in [1.165, 1.54) is 0 Å². The Morgan fingerprint density at radius 3 is 2.35 bits per heavy atom. The van der Waals surface area contributed by atoms with Gasteiger partial charge < -0.3 is 23.7 Å². The third-order valence-corrected chi connectivity index (χ3v) is 2.68. The molecule has 0 heterocycles. The number of hydrogen-bond donors (Lipinski definition) is 0. The van der Waals surface area contributed by atoms with Gasteiger partial charge in [-0.3, -0.25) is 4.79 Å². The molecule has 0 spiro atoms. The zero-order valence-corrected chi connectivity index (χ0v) is 13.1. The molecule has 0 aromatic rings. The summed E-state index contributed by atoms with van der Waals surface area (Å²) in [5.41, 5.74) is 0. The summed E-state index contributed by atoms with van der Waals surface area (Å²) in [6.45, 7) is 8.11. The third kappa shape index (κ3) is 11.2. The Kier molecular flexibility index (Phi) is 12.8. The molecule has 0 aliphatic carbocycles. The Balaban J connectivity index is 3.26. The molecule has 0 amide bonds. The normalized spacial score (nSPS) is 14.0. The Hall–Kier alpha value is -0.690. The largest absolute Gasteiger partial charge is 0.463 e. The van der Waals surface area contributed by atoms with Gasteiger partial charge in [0.25, 0.3) is 0 Å². The van der Waals surface area contributed by atoms with E-state index in [0.717, 1.165) is 6.42 Å². The average molecular weight is 292 g/mol. The zero-order valence-electron chi connectivity index (χ0n) is 13.1. The van der Waals surface area contributed by atoms with Crippen LogP contribution in [0.4, 0.5) is 0 Å². The summed E-state index contributed by atoms with van der Waals surface area (Å²) in [6, 6.07) is 0. The quantitative estimate of drug-likeness (QED) is 0.292. The van der Waals surface area contributed by atoms with Gasteiger partial charge in [-0.05, 0) is 13.3 Å². The number of methoxy groups -OCH3 is 1. The monoisotopic (exact) mass is 292 g/mol. The highest BCUT2D eigenvalue weighted by atomic mass is 16.7. The van der Waals surface area contributed by atoms with Crippen LogP contribution in [0.25, 0.3) is 0 Å². The summed E-state index contributed by atoms with van der Waals surface area (Å²) in [6.07, 6.45) is 0.781. The fourth-order valence-electron chi connectivity index (χ4n) is 1.21. The first-order valence-corrected chi connectivity index (χ1v) is 7.04. The van der Waals surface area contributed by atoms with Crippen LogP contribution < -0.4 is 0 Å². The molecule has 0 aromatic carbocycles. The van der Waals surface area contributed by atoms with Gasteiger partial charge in [0.15, 0.2) is 0 Å². The first-order valence-electron chi connectivity index (χ1n) is 7.04. The highest BCUT2D eigenvalue weighted by molar-refractivity contribution is 5.71. The summed E-state index contributed by atoms with van der Waals surface area (Å²) in [5.74, 6) is -0.219. The first kappa shape index (κ1) is 19.3. The van der Waals surface area contributed by atoms with E-state index in [9.17, 15) is 4.79 Å². The molecule has 6 nitrogen and oxygen atoms in total. The van der Waals surface area contributed by atoms with E-state index in [1.54, 1.807) is 7.11 Å². The lowest BCUT2D eigenvalue weighted by Gasteiger charge is -2.13. The Labute approximate surface area is 121 Å². The van der Waals surface area contributed by atoms with Gasteiger partial charge in [-0.2, -0.15) is 0 Å². The van der Waals surface area contributed by atoms with Crippen molar-refractivity contribution in [2.45, 2.75) is 33.3 Å². The predicted octanol–water partition coefficient (Wildman–Crippen LogP) is 1.62. The standard InChI is InChI=1S/C14H28O6/c1-5-12(2)14(15)19-9-8-17-6-7-18-10-13(3)20-11-16-4/h12-13H,5-11H2,1-4H3. The van der Waals surface area contributed by atoms with Gasteiger partial charge in [-0.15, -0.1) is 0 Å². The fourth-order valence-corrected chi connectivity index (χ4v) is 1.21. The number of carbonyl (C=O) groups is 1. The van der Waals surface area contributed by atoms with Crippen LogP contribution in [0.2, 0.25) is 0 Å². The minimum atomic E-state index is -0.170. The van der Waals surface area contributed by atoms with E-state index in [0.29, 0.717) is 26.4 Å². The lowest BCUT2D eigenvalue weighted by atomic mass is 10.1. The van der Waals surface area contributed by atoms with Crippen LogP contribution in [-0.4, -0.2) is 59.0 Å². The van der Waals surface area contributed by atoms with Crippen molar-refractivity contribution in [2.75, 3.05) is 46.9 Å². The van der Waals surface area contributed by atoms with E-state index >= 15 is 0 Å². The second-order valence-electron chi connectivity index (χ2n) is 4.55. The van der Waals surface area contributed by atoms with Crippen LogP contribution >= 0.6 is 0 Å². The molecule has 0 saturated carbocycles. The molecular weight excluding hydrogens is 264 g/mol. The van der Waals surface area contributed by atoms with Gasteiger partial charge in [0.05, 0.1) is 38.4 Å². The maximum Gasteiger partial charge on any atom is 0.308 e. The molecule has 0 radical (unpaired) electrons. The van der Waals surface area contributed by atoms with Crippen molar-refractivity contribution in [3.8, 4) is 0 Å². The van der Waals surface area contributed by atoms with Crippen molar-refractivity contribution in [1.29, 1.82) is 0 Å². The lowest BCUT2D eigenvalue weighted by molar-refractivity contribution is -0.149. The molecule has 0 rings (SSSR count). The molecule has 20 heavy (non-hydrogen) atoms. The van der Waals surface area contributed by atoms with Gasteiger partial charge in [0.2, 0.25) is 0 Å². The Morgan fingerprint density at radius 2 is 1.70 bits per heavy atom. The fraction of sp³-hybridized carbons (Fsp3) is 0.929. The molecule has 120 valence electrons. The smallest absolute Gasteiger partial charge is 0.308 e. The number of rotatable bonds is 13. The van der Waals surface area contributed by atoms with Crippen molar-refractivity contribution in [1.82, 2.24) is 0 Å². The molecule has 0 N–H and O–H groups in total. The molecule has 0 aliphatic heterocycles. The average Bonchev–Trinajstić information content (AvgIpc) is 2.46. The van der Waals surface area contributed by atoms with Crippen LogP contribution in [0, 0.1) is 5.92 Å². The first-order chi connectivity index (χ1) is 9.61. The van der Waals surface area contributed by atoms with E-state index in [-0.39, 0.29) is 31.4 Å². The summed E-state index contributed by atoms with van der Waals surface area (Å²) >= 11 is 0. The lowest BCUT2D eigenvalue weighted by Crippen LogP contribution is -2.20. The van der Waals surface area contributed by atoms with E-state index < -0.39 is 0 Å². The molecular formula is C14H28O6. The molecule has 0 aliphatic rings. The second kappa shape index (κ2) is 13.3. The van der Waals surface area contributed by atoms with Gasteiger partial charge in [0, 0.05) is 7.11 Å². The zero-order chi connectivity index (χ0) is 15.2. The van der Waals surface area contributed by atoms with Crippen LogP contribution in [0.1, 0.15) is 27.2 Å². The molecule has 2 unspecified atom stereocenters. The molecule has 0 saturated heterocycles. The van der Waals surface area contributed by atoms with Crippen molar-refractivity contribution < 1.29 is 28.5 Å². The number of esters is 1. The van der Waals surface area contributed by atoms with Gasteiger partial charge in [-0.25, -0.2) is 0 Å². The van der Waals surface area contributed by atoms with E-state index in [2.05, 4.69) is 0 Å². The van der Waals surface area contributed by atoms with Crippen molar-refractivity contribution in [2.24, 2.45) is 5.92 Å². The van der Waals surface area contributed by atoms with Crippen molar-refractivity contribution in [3.63, 3.8) is 0 Å². The minimum Gasteiger partial charge on any atom is -0.463 e. The number of hydrogen-bond acceptors (Lipinski definition) is 6. The summed E-state index contributed by atoms with van der Waals surface area (Å²) < 4.78 is 25.7. The molecule has 2 atom stereocenters. The highest BCUT2D eigenvalue weighted by Crippen LogP contribution is 2.02. The summed E-state index contributed by atoms with van der Waals surface area (Å²) in [4.78, 5) is 11.3. The van der Waals surface area contributed by atoms with E-state index in [1.807, 2.05) is 20.8 Å². The molecule has 0 aromatic heterocycles. The molecule has 0 bridgehead atoms. The highest BCUT2D eigenvalue weighted by Gasteiger charge is 2.11. The Bertz CT molecular complexity index is 234. The van der Waals surface area contributed by atoms with Crippen LogP contribution in [-0.2, 0) is 28.5 Å². The van der Waals surface area contributed by atoms with Crippen molar-refractivity contribution in [3.05, 3.63) is 0 Å². The predicted molar refractivity (Wildman–Crippen MR) is 74.5 cm³/mol. The topological polar surface area (TPSA) is 63.2 Å². The number of carbonyl (C=O) groups excluding carboxylic acids is 1. The maximum atomic E-state index is 11.3. The maximum absolute atomic E-state index is 11.3. The van der Waals surface area contributed by atoms with Crippen LogP contribution in [0.3, 0.4) is 0 Å². The van der Waals surface area contributed by atoms with Gasteiger partial charge >= 0.3 is 5.97 Å². The molecule has 6 heteroatoms. The van der Waals surface area contributed by atoms with Gasteiger partial charge in [-0.1, -0.05) is 13.8 Å². The van der Waals surface area contributed by atoms with E-state index in [4.69, 9.17) is 23.7 Å². The molecule has 0 fully saturated rings. The Morgan fingerprint density at radius 1 is 1.05 bits per heavy atom. The third-order valence-electron chi connectivity index (χ3n) is 2.68. The minimum absolute atomic E-state index is 0.00793. The number of ether oxygens (including phenoxy) is 5. The summed E-state index contributed by atoms with van der Waals surface area (Å²) in [5, 5.41) is 0. The second-order valence-corrected chi connectivity index (χ2v) is 4.55. The van der Waals surface area contributed by atoms with Crippen LogP contribution in [0.15, 0.2) is 0 Å². The summed E-state index contributed by atoms with van der Waals surface area (Å²) in [7, 11) is 1.58.